The van der Waals surface area contributed by atoms with Gasteiger partial charge in [-0.05, 0) is 18.6 Å². The van der Waals surface area contributed by atoms with Gasteiger partial charge >= 0.3 is 0 Å². The van der Waals surface area contributed by atoms with Crippen molar-refractivity contribution in [3.05, 3.63) is 0 Å². The van der Waals surface area contributed by atoms with E-state index in [0.717, 1.165) is 13.0 Å². The molecule has 2 aliphatic rings. The van der Waals surface area contributed by atoms with E-state index in [9.17, 15) is 0 Å². The number of hydrogen-bond donors (Lipinski definition) is 2. The maximum atomic E-state index is 5.66. The second-order valence-corrected chi connectivity index (χ2v) is 4.17. The molecule has 2 heterocycles. The molecule has 80 valence electrons. The van der Waals surface area contributed by atoms with Gasteiger partial charge in [0.25, 0.3) is 5.17 Å². The lowest BCUT2D eigenvalue weighted by Gasteiger charge is -2.36. The Kier molecular flexibility index (Phi) is 2.87. The fraction of sp³-hybridized carbons (Fsp3) is 0.875. The highest BCUT2D eigenvalue weighted by atomic mass is 32.1. The van der Waals surface area contributed by atoms with Crippen molar-refractivity contribution in [2.24, 2.45) is 11.8 Å². The van der Waals surface area contributed by atoms with Crippen molar-refractivity contribution in [1.82, 2.24) is 5.43 Å². The lowest BCUT2D eigenvalue weighted by molar-refractivity contribution is -0.184. The quantitative estimate of drug-likeness (QED) is 0.372. The van der Waals surface area contributed by atoms with Crippen LogP contribution in [0.25, 0.3) is 0 Å². The lowest BCUT2D eigenvalue weighted by Crippen LogP contribution is -2.49. The molecule has 1 spiro atoms. The first-order valence-electron chi connectivity index (χ1n) is 4.59. The molecule has 1 unspecified atom stereocenters. The highest BCUT2D eigenvalue weighted by Crippen LogP contribution is 2.35. The molecule has 0 aromatic carbocycles. The lowest BCUT2D eigenvalue weighted by atomic mass is 9.93. The van der Waals surface area contributed by atoms with Crippen LogP contribution in [-0.2, 0) is 14.2 Å². The van der Waals surface area contributed by atoms with Crippen LogP contribution in [0, 0.1) is 5.92 Å². The molecule has 0 aromatic heterocycles. The number of nitrogens with one attached hydrogen (secondary N) is 1. The summed E-state index contributed by atoms with van der Waals surface area (Å²) in [7, 11) is 0. The number of hydrogen-bond acceptors (Lipinski definition) is 5. The smallest absolute Gasteiger partial charge is 0.271 e. The molecular formula is C8H14N2O3S. The minimum absolute atomic E-state index is 0.0220. The summed E-state index contributed by atoms with van der Waals surface area (Å²) in [6, 6.07) is 0. The van der Waals surface area contributed by atoms with Gasteiger partial charge in [-0.25, -0.2) is 5.84 Å². The van der Waals surface area contributed by atoms with Crippen molar-refractivity contribution in [2.45, 2.75) is 12.0 Å². The van der Waals surface area contributed by atoms with Crippen LogP contribution in [0.15, 0.2) is 0 Å². The standard InChI is InChI=1S/C8H14N2O3S/c9-10-7(14)12-2-6-1-8(13-3-6)4-11-5-8/h6H,1-5,9H2,(H,10,14). The molecule has 2 rings (SSSR count). The number of hydrazine groups is 1. The molecule has 0 bridgehead atoms. The third kappa shape index (κ3) is 1.98. The Morgan fingerprint density at radius 1 is 1.64 bits per heavy atom. The van der Waals surface area contributed by atoms with Crippen molar-refractivity contribution >= 4 is 17.4 Å². The van der Waals surface area contributed by atoms with Gasteiger partial charge in [0.1, 0.15) is 5.60 Å². The van der Waals surface area contributed by atoms with Gasteiger partial charge < -0.3 is 14.2 Å². The van der Waals surface area contributed by atoms with Gasteiger partial charge in [0, 0.05) is 5.92 Å². The van der Waals surface area contributed by atoms with Crippen molar-refractivity contribution in [2.75, 3.05) is 26.4 Å². The number of thiocarbonyl (C=S) groups is 1. The maximum Gasteiger partial charge on any atom is 0.271 e. The van der Waals surface area contributed by atoms with Gasteiger partial charge in [0.05, 0.1) is 26.4 Å². The van der Waals surface area contributed by atoms with E-state index in [0.29, 0.717) is 25.7 Å². The Hall–Kier alpha value is -0.430. The monoisotopic (exact) mass is 218 g/mol. The highest BCUT2D eigenvalue weighted by molar-refractivity contribution is 7.80. The number of nitrogens with two attached hydrogens (primary N) is 1. The molecule has 2 aliphatic heterocycles. The second-order valence-electron chi connectivity index (χ2n) is 3.80. The van der Waals surface area contributed by atoms with Gasteiger partial charge in [0.15, 0.2) is 0 Å². The summed E-state index contributed by atoms with van der Waals surface area (Å²) in [6.07, 6.45) is 0.986. The fourth-order valence-corrected chi connectivity index (χ4v) is 1.88. The van der Waals surface area contributed by atoms with Crippen LogP contribution in [0.5, 0.6) is 0 Å². The molecule has 0 saturated carbocycles. The van der Waals surface area contributed by atoms with Crippen LogP contribution >= 0.6 is 12.2 Å². The summed E-state index contributed by atoms with van der Waals surface area (Å²) in [4.78, 5) is 0. The van der Waals surface area contributed by atoms with E-state index in [-0.39, 0.29) is 10.8 Å². The molecule has 0 amide bonds. The SMILES string of the molecule is NNC(=S)OCC1COC2(COC2)C1. The Morgan fingerprint density at radius 2 is 2.43 bits per heavy atom. The first kappa shape index (κ1) is 10.1. The Morgan fingerprint density at radius 3 is 2.93 bits per heavy atom. The minimum Gasteiger partial charge on any atom is -0.470 e. The molecular weight excluding hydrogens is 204 g/mol. The maximum absolute atomic E-state index is 5.66. The van der Waals surface area contributed by atoms with E-state index >= 15 is 0 Å². The Balaban J connectivity index is 1.71. The van der Waals surface area contributed by atoms with Crippen LogP contribution in [0.2, 0.25) is 0 Å². The normalized spacial score (nSPS) is 28.5. The van der Waals surface area contributed by atoms with E-state index in [2.05, 4.69) is 5.43 Å². The second kappa shape index (κ2) is 3.98. The van der Waals surface area contributed by atoms with Crippen LogP contribution < -0.4 is 11.3 Å². The zero-order chi connectivity index (χ0) is 10.0. The van der Waals surface area contributed by atoms with E-state index in [1.54, 1.807) is 0 Å². The molecule has 0 radical (unpaired) electrons. The summed E-state index contributed by atoms with van der Waals surface area (Å²) >= 11 is 4.77. The van der Waals surface area contributed by atoms with Gasteiger partial charge in [0.2, 0.25) is 0 Å². The fourth-order valence-electron chi connectivity index (χ4n) is 1.81. The molecule has 2 saturated heterocycles. The predicted molar refractivity (Wildman–Crippen MR) is 53.5 cm³/mol. The summed E-state index contributed by atoms with van der Waals surface area (Å²) < 4.78 is 16.0. The van der Waals surface area contributed by atoms with Gasteiger partial charge in [-0.3, -0.25) is 5.43 Å². The minimum atomic E-state index is -0.0220. The van der Waals surface area contributed by atoms with E-state index in [4.69, 9.17) is 32.3 Å². The zero-order valence-corrected chi connectivity index (χ0v) is 8.64. The Bertz CT molecular complexity index is 233. The average molecular weight is 218 g/mol. The summed E-state index contributed by atoms with van der Waals surface area (Å²) in [5.74, 6) is 5.47. The molecule has 3 N–H and O–H groups in total. The van der Waals surface area contributed by atoms with Gasteiger partial charge in [-0.1, -0.05) is 0 Å². The predicted octanol–water partition coefficient (Wildman–Crippen LogP) is -0.443. The average Bonchev–Trinajstić information content (AvgIpc) is 2.58. The third-order valence-electron chi connectivity index (χ3n) is 2.58. The van der Waals surface area contributed by atoms with Gasteiger partial charge in [-0.2, -0.15) is 0 Å². The highest BCUT2D eigenvalue weighted by Gasteiger charge is 2.46. The van der Waals surface area contributed by atoms with E-state index < -0.39 is 0 Å². The summed E-state index contributed by atoms with van der Waals surface area (Å²) in [5, 5.41) is 0.232. The van der Waals surface area contributed by atoms with Crippen molar-refractivity contribution in [3.63, 3.8) is 0 Å². The summed E-state index contributed by atoms with van der Waals surface area (Å²) in [5.41, 5.74) is 2.26. The topological polar surface area (TPSA) is 65.7 Å². The molecule has 0 aromatic rings. The third-order valence-corrected chi connectivity index (χ3v) is 2.82. The van der Waals surface area contributed by atoms with Crippen LogP contribution in [0.4, 0.5) is 0 Å². The molecule has 2 fully saturated rings. The summed E-state index contributed by atoms with van der Waals surface area (Å²) in [6.45, 7) is 2.70. The first-order chi connectivity index (χ1) is 6.74. The number of rotatable bonds is 2. The van der Waals surface area contributed by atoms with Crippen LogP contribution in [0.1, 0.15) is 6.42 Å². The molecule has 6 heteroatoms. The first-order valence-corrected chi connectivity index (χ1v) is 5.00. The van der Waals surface area contributed by atoms with E-state index in [1.165, 1.54) is 0 Å². The van der Waals surface area contributed by atoms with Crippen LogP contribution in [-0.4, -0.2) is 37.2 Å². The van der Waals surface area contributed by atoms with Crippen molar-refractivity contribution < 1.29 is 14.2 Å². The van der Waals surface area contributed by atoms with Gasteiger partial charge in [-0.15, -0.1) is 0 Å². The molecule has 0 aliphatic carbocycles. The van der Waals surface area contributed by atoms with E-state index in [1.807, 2.05) is 0 Å². The van der Waals surface area contributed by atoms with Crippen molar-refractivity contribution in [1.29, 1.82) is 0 Å². The Labute approximate surface area is 87.8 Å². The largest absolute Gasteiger partial charge is 0.470 e. The molecule has 5 nitrogen and oxygen atoms in total. The van der Waals surface area contributed by atoms with Crippen LogP contribution in [0.3, 0.4) is 0 Å². The molecule has 14 heavy (non-hydrogen) atoms. The molecule has 1 atom stereocenters. The number of ether oxygens (including phenoxy) is 3. The van der Waals surface area contributed by atoms with Crippen molar-refractivity contribution in [3.8, 4) is 0 Å². The zero-order valence-electron chi connectivity index (χ0n) is 7.82.